The number of aromatic nitrogens is 8. The maximum absolute atomic E-state index is 12.0. The van der Waals surface area contributed by atoms with Crippen molar-refractivity contribution in [3.05, 3.63) is 271 Å². The molecule has 3 atom stereocenters. The molecular formula is C70H70N10O6. The van der Waals surface area contributed by atoms with Crippen LogP contribution in [-0.2, 0) is 28.7 Å². The number of hydrogen-bond donors (Lipinski definition) is 6. The molecule has 3 unspecified atom stereocenters. The van der Waals surface area contributed by atoms with Gasteiger partial charge in [0.15, 0.2) is 0 Å². The maximum Gasteiger partial charge on any atom is 0.331 e. The van der Waals surface area contributed by atoms with Crippen LogP contribution in [0.3, 0.4) is 0 Å². The molecule has 8 aromatic heterocycles. The van der Waals surface area contributed by atoms with E-state index < -0.39 is 0 Å². The third kappa shape index (κ3) is 16.3. The number of H-pyrrole nitrogens is 4. The van der Waals surface area contributed by atoms with Crippen LogP contribution in [0.1, 0.15) is 95.4 Å². The van der Waals surface area contributed by atoms with Crippen LogP contribution in [0.25, 0.3) is 49.2 Å². The van der Waals surface area contributed by atoms with Crippen LogP contribution in [0.2, 0.25) is 0 Å². The van der Waals surface area contributed by atoms with Crippen molar-refractivity contribution in [3.63, 3.8) is 0 Å². The number of pyridine rings is 4. The van der Waals surface area contributed by atoms with Crippen LogP contribution in [0.4, 0.5) is 0 Å². The Hall–Kier alpha value is -10.3. The van der Waals surface area contributed by atoms with Gasteiger partial charge in [-0.25, -0.2) is 4.79 Å². The number of nitrogens with zero attached hydrogens (tertiary/aromatic N) is 4. The van der Waals surface area contributed by atoms with Gasteiger partial charge in [-0.3, -0.25) is 29.5 Å². The highest BCUT2D eigenvalue weighted by Gasteiger charge is 2.22. The third-order valence-corrected chi connectivity index (χ3v) is 14.5. The number of rotatable bonds is 19. The SMILES string of the molecule is CCOC(=O)/C=C(\c1cccnc1)c1ccc2cc[nH]c2c1.CCOC(=O)CC(c1cccnc1)c1ccc2cc[nH]c2c1.CNCCC(c1cccnc1)c1ccc2cc[nH]c2c1.CNOC(=O)CC(c1cccnc1)c1ccc2cc[nH]c2c1. The molecule has 12 rings (SSSR count). The lowest BCUT2D eigenvalue weighted by Crippen LogP contribution is -2.18. The van der Waals surface area contributed by atoms with Gasteiger partial charge in [-0.05, 0) is 173 Å². The fourth-order valence-electron chi connectivity index (χ4n) is 10.3. The van der Waals surface area contributed by atoms with Crippen molar-refractivity contribution in [2.45, 2.75) is 50.9 Å². The Balaban J connectivity index is 0.000000137. The van der Waals surface area contributed by atoms with E-state index in [0.29, 0.717) is 25.6 Å². The molecular weight excluding hydrogens is 1080 g/mol. The minimum Gasteiger partial charge on any atom is -0.466 e. The fraction of sp³-hybridized carbons (Fsp3) is 0.186. The second-order valence-corrected chi connectivity index (χ2v) is 20.1. The second-order valence-electron chi connectivity index (χ2n) is 20.1. The van der Waals surface area contributed by atoms with Gasteiger partial charge in [0.1, 0.15) is 0 Å². The molecule has 86 heavy (non-hydrogen) atoms. The van der Waals surface area contributed by atoms with Crippen LogP contribution in [0, 0.1) is 0 Å². The summed E-state index contributed by atoms with van der Waals surface area (Å²) in [6.45, 7) is 5.35. The van der Waals surface area contributed by atoms with Gasteiger partial charge in [0, 0.05) is 133 Å². The summed E-state index contributed by atoms with van der Waals surface area (Å²) in [5.74, 6) is -0.620. The summed E-state index contributed by atoms with van der Waals surface area (Å²) in [5.41, 5.74) is 16.1. The molecule has 0 spiro atoms. The van der Waals surface area contributed by atoms with Crippen LogP contribution < -0.4 is 10.8 Å². The monoisotopic (exact) mass is 1150 g/mol. The third-order valence-electron chi connectivity index (χ3n) is 14.5. The zero-order valence-electron chi connectivity index (χ0n) is 48.6. The number of carbonyl (C=O) groups is 3. The van der Waals surface area contributed by atoms with Gasteiger partial charge < -0.3 is 39.6 Å². The topological polar surface area (TPSA) is 218 Å². The zero-order valence-corrected chi connectivity index (χ0v) is 48.6. The molecule has 0 bridgehead atoms. The van der Waals surface area contributed by atoms with E-state index in [2.05, 4.69) is 105 Å². The fourth-order valence-corrected chi connectivity index (χ4v) is 10.3. The van der Waals surface area contributed by atoms with Gasteiger partial charge in [0.05, 0.1) is 26.1 Å². The summed E-state index contributed by atoms with van der Waals surface area (Å²) < 4.78 is 10.2. The van der Waals surface area contributed by atoms with Crippen molar-refractivity contribution in [1.29, 1.82) is 0 Å². The smallest absolute Gasteiger partial charge is 0.331 e. The zero-order chi connectivity index (χ0) is 59.9. The van der Waals surface area contributed by atoms with Crippen LogP contribution in [-0.4, -0.2) is 91.6 Å². The van der Waals surface area contributed by atoms with Gasteiger partial charge in [-0.15, -0.1) is 0 Å². The molecule has 16 heteroatoms. The van der Waals surface area contributed by atoms with E-state index in [1.807, 2.05) is 148 Å². The average molecular weight is 1150 g/mol. The molecule has 16 nitrogen and oxygen atoms in total. The number of carbonyl (C=O) groups excluding carboxylic acids is 3. The predicted molar refractivity (Wildman–Crippen MR) is 339 cm³/mol. The summed E-state index contributed by atoms with van der Waals surface area (Å²) >= 11 is 0. The summed E-state index contributed by atoms with van der Waals surface area (Å²) in [7, 11) is 3.57. The molecule has 436 valence electrons. The van der Waals surface area contributed by atoms with E-state index in [-0.39, 0.29) is 36.2 Å². The highest BCUT2D eigenvalue weighted by Crippen LogP contribution is 2.33. The molecule has 12 aromatic rings. The molecule has 0 aliphatic rings. The van der Waals surface area contributed by atoms with E-state index in [0.717, 1.165) is 84.6 Å². The largest absolute Gasteiger partial charge is 0.466 e. The first-order valence-electron chi connectivity index (χ1n) is 28.7. The van der Waals surface area contributed by atoms with E-state index in [4.69, 9.17) is 14.3 Å². The molecule has 0 aliphatic carbocycles. The normalized spacial score (nSPS) is 12.2. The van der Waals surface area contributed by atoms with Crippen LogP contribution >= 0.6 is 0 Å². The number of ether oxygens (including phenoxy) is 2. The Morgan fingerprint density at radius 1 is 0.465 bits per heavy atom. The van der Waals surface area contributed by atoms with Gasteiger partial charge in [-0.2, -0.15) is 5.48 Å². The first-order chi connectivity index (χ1) is 42.2. The molecule has 4 aromatic carbocycles. The van der Waals surface area contributed by atoms with Gasteiger partial charge in [-0.1, -0.05) is 72.8 Å². The lowest BCUT2D eigenvalue weighted by atomic mass is 9.89. The van der Waals surface area contributed by atoms with Crippen molar-refractivity contribution in [1.82, 2.24) is 50.7 Å². The summed E-state index contributed by atoms with van der Waals surface area (Å²) in [6.07, 6.45) is 25.1. The molecule has 6 N–H and O–H groups in total. The Bertz CT molecular complexity index is 3950. The highest BCUT2D eigenvalue weighted by molar-refractivity contribution is 5.98. The first kappa shape index (κ1) is 60.3. The number of hydrogen-bond acceptors (Lipinski definition) is 12. The van der Waals surface area contributed by atoms with Crippen molar-refractivity contribution >= 4 is 67.1 Å². The number of hydroxylamine groups is 1. The number of benzene rings is 4. The molecule has 8 heterocycles. The predicted octanol–water partition coefficient (Wildman–Crippen LogP) is 13.3. The van der Waals surface area contributed by atoms with Gasteiger partial charge >= 0.3 is 17.9 Å². The van der Waals surface area contributed by atoms with E-state index >= 15 is 0 Å². The molecule has 0 amide bonds. The molecule has 0 aliphatic heterocycles. The van der Waals surface area contributed by atoms with Crippen LogP contribution in [0.15, 0.2) is 226 Å². The number of nitrogens with one attached hydrogen (secondary N) is 6. The second kappa shape index (κ2) is 30.8. The van der Waals surface area contributed by atoms with E-state index in [9.17, 15) is 14.4 Å². The molecule has 0 saturated carbocycles. The van der Waals surface area contributed by atoms with Crippen molar-refractivity contribution in [3.8, 4) is 0 Å². The number of aromatic amines is 4. The Morgan fingerprint density at radius 2 is 0.895 bits per heavy atom. The van der Waals surface area contributed by atoms with Crippen molar-refractivity contribution in [2.75, 3.05) is 33.9 Å². The number of esters is 2. The summed E-state index contributed by atoms with van der Waals surface area (Å²) in [6, 6.07) is 48.9. The highest BCUT2D eigenvalue weighted by atomic mass is 16.7. The van der Waals surface area contributed by atoms with E-state index in [1.54, 1.807) is 45.0 Å². The standard InChI is InChI=1S/C18H18N2O2.C18H16N2O2.C17H17N3O2.C17H19N3/c2*1-2-22-18(21)11-16(15-4-3-8-19-12-15)14-6-5-13-7-9-20-17(13)10-14;1-18-22-17(21)10-15(14-3-2-7-19-11-14)13-5-4-12-6-8-20-16(12)9-13;1-18-9-7-16(15-3-2-8-19-12-15)14-5-4-13-6-10-20-17(13)11-14/h3-10,12,16,20H,2,11H2,1H3;3-12,20H,2H2,1H3;2-9,11,15,18,20H,10H2,1H3;2-6,8,10-12,16,18,20H,7,9H2,1H3/b;16-11-;;. The molecule has 0 fully saturated rings. The van der Waals surface area contributed by atoms with E-state index in [1.165, 1.54) is 28.1 Å². The average Bonchev–Trinajstić information content (AvgIpc) is 4.57. The quantitative estimate of drug-likeness (QED) is 0.0193. The minimum absolute atomic E-state index is 0.0551. The minimum atomic E-state index is -0.354. The maximum atomic E-state index is 12.0. The summed E-state index contributed by atoms with van der Waals surface area (Å²) in [4.78, 5) is 70.2. The van der Waals surface area contributed by atoms with Gasteiger partial charge in [0.2, 0.25) is 0 Å². The Morgan fingerprint density at radius 3 is 1.33 bits per heavy atom. The van der Waals surface area contributed by atoms with Crippen molar-refractivity contribution < 1.29 is 28.7 Å². The van der Waals surface area contributed by atoms with Gasteiger partial charge in [0.25, 0.3) is 0 Å². The van der Waals surface area contributed by atoms with Crippen molar-refractivity contribution in [2.24, 2.45) is 0 Å². The number of fused-ring (bicyclic) bond motifs is 4. The molecule has 0 radical (unpaired) electrons. The first-order valence-corrected chi connectivity index (χ1v) is 28.7. The Labute approximate surface area is 499 Å². The lowest BCUT2D eigenvalue weighted by Gasteiger charge is -2.17. The lowest BCUT2D eigenvalue weighted by molar-refractivity contribution is -0.150. The van der Waals surface area contributed by atoms with Crippen LogP contribution in [0.5, 0.6) is 0 Å². The Kier molecular flexibility index (Phi) is 21.6. The molecule has 0 saturated heterocycles. The summed E-state index contributed by atoms with van der Waals surface area (Å²) in [5, 5.41) is 7.93.